The number of ether oxygens (including phenoxy) is 2. The number of carbonyl (C=O) groups is 2. The van der Waals surface area contributed by atoms with Gasteiger partial charge in [0.25, 0.3) is 0 Å². The summed E-state index contributed by atoms with van der Waals surface area (Å²) in [5.74, 6) is -0.947. The summed E-state index contributed by atoms with van der Waals surface area (Å²) < 4.78 is 12.6. The number of allylic oxidation sites excluding steroid dienone is 4. The van der Waals surface area contributed by atoms with Gasteiger partial charge in [0.15, 0.2) is 23.0 Å². The third-order valence-corrected chi connectivity index (χ3v) is 9.05. The molecule has 0 bridgehead atoms. The first-order chi connectivity index (χ1) is 14.0. The first-order valence-corrected chi connectivity index (χ1v) is 11.1. The molecule has 1 aliphatic heterocycles. The summed E-state index contributed by atoms with van der Waals surface area (Å²) in [7, 11) is 0. The van der Waals surface area contributed by atoms with Crippen molar-refractivity contribution >= 4 is 11.6 Å². The van der Waals surface area contributed by atoms with Crippen molar-refractivity contribution in [3.8, 4) is 0 Å². The first-order valence-electron chi connectivity index (χ1n) is 11.1. The predicted molar refractivity (Wildman–Crippen MR) is 108 cm³/mol. The zero-order valence-corrected chi connectivity index (χ0v) is 18.2. The van der Waals surface area contributed by atoms with Gasteiger partial charge in [-0.05, 0) is 63.5 Å². The molecular weight excluding hydrogens is 384 g/mol. The molecule has 5 aliphatic rings. The summed E-state index contributed by atoms with van der Waals surface area (Å²) in [5.41, 5.74) is -1.12. The zero-order valence-electron chi connectivity index (χ0n) is 18.2. The third-order valence-electron chi connectivity index (χ3n) is 9.05. The molecule has 4 aliphatic carbocycles. The molecule has 164 valence electrons. The minimum atomic E-state index is -1.24. The van der Waals surface area contributed by atoms with Gasteiger partial charge in [0, 0.05) is 16.7 Å². The van der Waals surface area contributed by atoms with Crippen molar-refractivity contribution in [3.05, 3.63) is 23.8 Å². The van der Waals surface area contributed by atoms with Crippen LogP contribution in [-0.4, -0.2) is 52.0 Å². The van der Waals surface area contributed by atoms with E-state index in [2.05, 4.69) is 6.92 Å². The van der Waals surface area contributed by atoms with Crippen molar-refractivity contribution in [1.82, 2.24) is 0 Å². The van der Waals surface area contributed by atoms with Crippen LogP contribution in [0.1, 0.15) is 53.4 Å². The number of aliphatic hydroxyl groups excluding tert-OH is 2. The second kappa shape index (κ2) is 6.12. The fraction of sp³-hybridized carbons (Fsp3) is 0.750. The molecule has 1 saturated heterocycles. The number of aliphatic hydroxyl groups is 2. The molecule has 8 atom stereocenters. The van der Waals surface area contributed by atoms with E-state index in [1.807, 2.05) is 13.0 Å². The van der Waals surface area contributed by atoms with E-state index in [4.69, 9.17) is 9.47 Å². The topological polar surface area (TPSA) is 93.1 Å². The molecule has 1 heterocycles. The van der Waals surface area contributed by atoms with Crippen LogP contribution < -0.4 is 0 Å². The molecule has 2 N–H and O–H groups in total. The molecule has 3 saturated carbocycles. The van der Waals surface area contributed by atoms with Crippen LogP contribution >= 0.6 is 0 Å². The molecule has 4 fully saturated rings. The van der Waals surface area contributed by atoms with Gasteiger partial charge >= 0.3 is 0 Å². The van der Waals surface area contributed by atoms with Crippen LogP contribution in [0.3, 0.4) is 0 Å². The normalized spacial score (nSPS) is 50.9. The molecule has 5 rings (SSSR count). The number of hydrogen-bond acceptors (Lipinski definition) is 6. The maximum absolute atomic E-state index is 13.2. The van der Waals surface area contributed by atoms with Gasteiger partial charge in [0.2, 0.25) is 0 Å². The van der Waals surface area contributed by atoms with E-state index in [0.717, 1.165) is 18.4 Å². The summed E-state index contributed by atoms with van der Waals surface area (Å²) in [6.45, 7) is 7.19. The second-order valence-electron chi connectivity index (χ2n) is 10.9. The molecule has 30 heavy (non-hydrogen) atoms. The Labute approximate surface area is 177 Å². The fourth-order valence-electron chi connectivity index (χ4n) is 8.04. The molecule has 0 amide bonds. The molecule has 0 aromatic rings. The van der Waals surface area contributed by atoms with Gasteiger partial charge < -0.3 is 19.7 Å². The standard InChI is InChI=1S/C24H32O6/c1-21(2)29-19-10-16-15-6-5-13-9-14(26)7-8-22(13,3)20(15)17(27)11-23(16,4)24(19,30-21)18(28)12-25/h7-9,15-17,19-20,25,27H,5-6,10-12H2,1-4H3/t15-,16-,17-,19+,20+,22-,23+,24+/m0/s1. The highest BCUT2D eigenvalue weighted by molar-refractivity contribution is 6.01. The largest absolute Gasteiger partial charge is 0.393 e. The first kappa shape index (κ1) is 20.6. The number of rotatable bonds is 2. The SMILES string of the molecule is CC1(C)O[C@@H]2C[C@H]3[C@@H]4CCC5=CC(=O)C=C[C@]5(C)[C@H]4[C@@H](O)C[C@@]3(C)[C@]2(C(=O)CO)O1. The van der Waals surface area contributed by atoms with E-state index in [1.165, 1.54) is 0 Å². The van der Waals surface area contributed by atoms with Gasteiger partial charge in [-0.3, -0.25) is 9.59 Å². The molecule has 0 spiro atoms. The Morgan fingerprint density at radius 1 is 1.27 bits per heavy atom. The average molecular weight is 417 g/mol. The highest BCUT2D eigenvalue weighted by Gasteiger charge is 2.76. The molecule has 0 aromatic heterocycles. The van der Waals surface area contributed by atoms with Crippen LogP contribution in [0.25, 0.3) is 0 Å². The Morgan fingerprint density at radius 2 is 2.00 bits per heavy atom. The average Bonchev–Trinajstić information content (AvgIpc) is 3.07. The van der Waals surface area contributed by atoms with E-state index in [0.29, 0.717) is 12.8 Å². The number of Topliss-reactive ketones (excluding diaryl/α,β-unsaturated/α-hetero) is 1. The van der Waals surface area contributed by atoms with Gasteiger partial charge in [-0.15, -0.1) is 0 Å². The summed E-state index contributed by atoms with van der Waals surface area (Å²) in [6, 6.07) is 0. The van der Waals surface area contributed by atoms with E-state index in [1.54, 1.807) is 26.0 Å². The van der Waals surface area contributed by atoms with Crippen molar-refractivity contribution < 1.29 is 29.3 Å². The minimum Gasteiger partial charge on any atom is -0.393 e. The van der Waals surface area contributed by atoms with E-state index in [9.17, 15) is 19.8 Å². The van der Waals surface area contributed by atoms with Crippen LogP contribution in [0.2, 0.25) is 0 Å². The predicted octanol–water partition coefficient (Wildman–Crippen LogP) is 2.33. The lowest BCUT2D eigenvalue weighted by Crippen LogP contribution is -2.63. The maximum atomic E-state index is 13.2. The van der Waals surface area contributed by atoms with Gasteiger partial charge in [-0.2, -0.15) is 0 Å². The second-order valence-corrected chi connectivity index (χ2v) is 10.9. The highest BCUT2D eigenvalue weighted by Crippen LogP contribution is 2.70. The minimum absolute atomic E-state index is 0.0167. The number of fused-ring (bicyclic) bond motifs is 7. The lowest BCUT2D eigenvalue weighted by atomic mass is 9.46. The van der Waals surface area contributed by atoms with Crippen molar-refractivity contribution in [2.75, 3.05) is 6.61 Å². The van der Waals surface area contributed by atoms with Crippen LogP contribution in [0.4, 0.5) is 0 Å². The van der Waals surface area contributed by atoms with Crippen molar-refractivity contribution in [1.29, 1.82) is 0 Å². The Hall–Kier alpha value is -1.34. The Kier molecular flexibility index (Phi) is 4.20. The number of hydrogen-bond donors (Lipinski definition) is 2. The Bertz CT molecular complexity index is 873. The maximum Gasteiger partial charge on any atom is 0.193 e. The van der Waals surface area contributed by atoms with Gasteiger partial charge in [-0.25, -0.2) is 0 Å². The molecule has 0 unspecified atom stereocenters. The van der Waals surface area contributed by atoms with Crippen molar-refractivity contribution in [2.24, 2.45) is 28.6 Å². The third kappa shape index (κ3) is 2.34. The Morgan fingerprint density at radius 3 is 2.70 bits per heavy atom. The van der Waals surface area contributed by atoms with Gasteiger partial charge in [-0.1, -0.05) is 25.5 Å². The van der Waals surface area contributed by atoms with Crippen LogP contribution in [0.5, 0.6) is 0 Å². The molecule has 0 radical (unpaired) electrons. The van der Waals surface area contributed by atoms with E-state index in [-0.39, 0.29) is 34.7 Å². The van der Waals surface area contributed by atoms with Crippen LogP contribution in [0, 0.1) is 28.6 Å². The molecule has 6 nitrogen and oxygen atoms in total. The zero-order chi connectivity index (χ0) is 21.7. The summed E-state index contributed by atoms with van der Waals surface area (Å²) >= 11 is 0. The van der Waals surface area contributed by atoms with Crippen LogP contribution in [-0.2, 0) is 19.1 Å². The van der Waals surface area contributed by atoms with E-state index < -0.39 is 35.6 Å². The lowest BCUT2D eigenvalue weighted by molar-refractivity contribution is -0.225. The van der Waals surface area contributed by atoms with Crippen molar-refractivity contribution in [3.63, 3.8) is 0 Å². The number of carbonyl (C=O) groups excluding carboxylic acids is 2. The molecular formula is C24H32O6. The number of ketones is 2. The lowest BCUT2D eigenvalue weighted by Gasteiger charge is -2.59. The smallest absolute Gasteiger partial charge is 0.193 e. The quantitative estimate of drug-likeness (QED) is 0.718. The molecule has 6 heteroatoms. The van der Waals surface area contributed by atoms with E-state index >= 15 is 0 Å². The molecule has 0 aromatic carbocycles. The van der Waals surface area contributed by atoms with Gasteiger partial charge in [0.05, 0.1) is 12.2 Å². The van der Waals surface area contributed by atoms with Crippen molar-refractivity contribution in [2.45, 2.75) is 77.0 Å². The van der Waals surface area contributed by atoms with Gasteiger partial charge in [0.1, 0.15) is 6.61 Å². The highest BCUT2D eigenvalue weighted by atomic mass is 16.8. The summed E-state index contributed by atoms with van der Waals surface area (Å²) in [5, 5.41) is 21.3. The monoisotopic (exact) mass is 416 g/mol. The van der Waals surface area contributed by atoms with Crippen LogP contribution in [0.15, 0.2) is 23.8 Å². The summed E-state index contributed by atoms with van der Waals surface area (Å²) in [6.07, 6.45) is 7.04. The Balaban J connectivity index is 1.59. The summed E-state index contributed by atoms with van der Waals surface area (Å²) in [4.78, 5) is 25.1. The fourth-order valence-corrected chi connectivity index (χ4v) is 8.04.